The maximum atomic E-state index is 11.8. The van der Waals surface area contributed by atoms with Crippen LogP contribution in [0.2, 0.25) is 0 Å². The summed E-state index contributed by atoms with van der Waals surface area (Å²) >= 11 is 0. The fourth-order valence-electron chi connectivity index (χ4n) is 1.64. The van der Waals surface area contributed by atoms with E-state index in [1.54, 1.807) is 42.6 Å². The van der Waals surface area contributed by atoms with Crippen LogP contribution in [0.25, 0.3) is 0 Å². The van der Waals surface area contributed by atoms with Crippen molar-refractivity contribution in [2.75, 3.05) is 5.32 Å². The highest BCUT2D eigenvalue weighted by Crippen LogP contribution is 2.18. The Bertz CT molecular complexity index is 599. The molecule has 0 aliphatic carbocycles. The molecule has 1 amide bonds. The molecule has 0 aliphatic rings. The SMILES string of the molecule is O=C(Cc1ccccc1[N+](=O)[O-])Nc1ccccn1. The molecule has 0 radical (unpaired) electrons. The first-order chi connectivity index (χ1) is 9.16. The van der Waals surface area contributed by atoms with Crippen molar-refractivity contribution in [1.29, 1.82) is 0 Å². The van der Waals surface area contributed by atoms with Crippen molar-refractivity contribution in [3.8, 4) is 0 Å². The summed E-state index contributed by atoms with van der Waals surface area (Å²) in [5, 5.41) is 13.4. The number of rotatable bonds is 4. The molecule has 19 heavy (non-hydrogen) atoms. The molecule has 6 nitrogen and oxygen atoms in total. The number of nitro groups is 1. The van der Waals surface area contributed by atoms with Crippen molar-refractivity contribution < 1.29 is 9.72 Å². The van der Waals surface area contributed by atoms with Crippen LogP contribution >= 0.6 is 0 Å². The lowest BCUT2D eigenvalue weighted by atomic mass is 10.1. The number of nitro benzene ring substituents is 1. The first kappa shape index (κ1) is 12.7. The summed E-state index contributed by atoms with van der Waals surface area (Å²) in [6, 6.07) is 11.3. The second-order valence-corrected chi connectivity index (χ2v) is 3.83. The summed E-state index contributed by atoms with van der Waals surface area (Å²) < 4.78 is 0. The first-order valence-corrected chi connectivity index (χ1v) is 5.60. The van der Waals surface area contributed by atoms with Gasteiger partial charge in [0.05, 0.1) is 11.3 Å². The van der Waals surface area contributed by atoms with Crippen molar-refractivity contribution in [1.82, 2.24) is 4.98 Å². The Kier molecular flexibility index (Phi) is 3.82. The molecular weight excluding hydrogens is 246 g/mol. The molecule has 0 saturated carbocycles. The van der Waals surface area contributed by atoms with E-state index in [1.807, 2.05) is 0 Å². The van der Waals surface area contributed by atoms with E-state index < -0.39 is 4.92 Å². The number of benzene rings is 1. The molecule has 2 rings (SSSR count). The van der Waals surface area contributed by atoms with Gasteiger partial charge in [-0.15, -0.1) is 0 Å². The predicted octanol–water partition coefficient (Wildman–Crippen LogP) is 2.17. The third kappa shape index (κ3) is 3.35. The number of carbonyl (C=O) groups excluding carboxylic acids is 1. The lowest BCUT2D eigenvalue weighted by Crippen LogP contribution is -2.15. The molecule has 6 heteroatoms. The summed E-state index contributed by atoms with van der Waals surface area (Å²) in [7, 11) is 0. The van der Waals surface area contributed by atoms with E-state index in [4.69, 9.17) is 0 Å². The Balaban J connectivity index is 2.09. The van der Waals surface area contributed by atoms with Crippen LogP contribution in [0.5, 0.6) is 0 Å². The lowest BCUT2D eigenvalue weighted by Gasteiger charge is -2.04. The number of carbonyl (C=O) groups is 1. The van der Waals surface area contributed by atoms with Gasteiger partial charge in [-0.2, -0.15) is 0 Å². The maximum absolute atomic E-state index is 11.8. The number of amides is 1. The van der Waals surface area contributed by atoms with E-state index in [-0.39, 0.29) is 18.0 Å². The molecule has 0 bridgehead atoms. The second-order valence-electron chi connectivity index (χ2n) is 3.83. The molecule has 0 atom stereocenters. The molecular formula is C13H11N3O3. The fraction of sp³-hybridized carbons (Fsp3) is 0.0769. The quantitative estimate of drug-likeness (QED) is 0.671. The molecule has 96 valence electrons. The zero-order valence-corrected chi connectivity index (χ0v) is 9.95. The van der Waals surface area contributed by atoms with Crippen molar-refractivity contribution in [2.45, 2.75) is 6.42 Å². The summed E-state index contributed by atoms with van der Waals surface area (Å²) in [6.07, 6.45) is 1.49. The number of para-hydroxylation sites is 1. The third-order valence-corrected chi connectivity index (χ3v) is 2.47. The predicted molar refractivity (Wildman–Crippen MR) is 69.7 cm³/mol. The number of pyridine rings is 1. The van der Waals surface area contributed by atoms with Crippen LogP contribution in [0, 0.1) is 10.1 Å². The van der Waals surface area contributed by atoms with Crippen molar-refractivity contribution >= 4 is 17.4 Å². The largest absolute Gasteiger partial charge is 0.310 e. The molecule has 0 saturated heterocycles. The average molecular weight is 257 g/mol. The van der Waals surface area contributed by atoms with Gasteiger partial charge in [-0.25, -0.2) is 4.98 Å². The maximum Gasteiger partial charge on any atom is 0.273 e. The van der Waals surface area contributed by atoms with Crippen LogP contribution in [0.4, 0.5) is 11.5 Å². The van der Waals surface area contributed by atoms with Gasteiger partial charge in [-0.1, -0.05) is 24.3 Å². The molecule has 1 aromatic carbocycles. The van der Waals surface area contributed by atoms with Crippen LogP contribution < -0.4 is 5.32 Å². The lowest BCUT2D eigenvalue weighted by molar-refractivity contribution is -0.385. The first-order valence-electron chi connectivity index (χ1n) is 5.60. The standard InChI is InChI=1S/C13H11N3O3/c17-13(15-12-7-3-4-8-14-12)9-10-5-1-2-6-11(10)16(18)19/h1-8H,9H2,(H,14,15,17). The van der Waals surface area contributed by atoms with Crippen molar-refractivity contribution in [2.24, 2.45) is 0 Å². The van der Waals surface area contributed by atoms with Gasteiger partial charge in [0.2, 0.25) is 5.91 Å². The van der Waals surface area contributed by atoms with E-state index in [0.717, 1.165) is 0 Å². The summed E-state index contributed by atoms with van der Waals surface area (Å²) in [4.78, 5) is 26.1. The van der Waals surface area contributed by atoms with Gasteiger partial charge in [-0.05, 0) is 12.1 Å². The van der Waals surface area contributed by atoms with Gasteiger partial charge in [0, 0.05) is 17.8 Å². The Morgan fingerprint density at radius 3 is 2.63 bits per heavy atom. The van der Waals surface area contributed by atoms with Crippen LogP contribution in [0.1, 0.15) is 5.56 Å². The molecule has 1 N–H and O–H groups in total. The molecule has 1 aromatic heterocycles. The van der Waals surface area contributed by atoms with Crippen LogP contribution in [0.15, 0.2) is 48.7 Å². The number of nitrogens with zero attached hydrogens (tertiary/aromatic N) is 2. The van der Waals surface area contributed by atoms with Crippen LogP contribution in [0.3, 0.4) is 0 Å². The van der Waals surface area contributed by atoms with Gasteiger partial charge in [-0.3, -0.25) is 14.9 Å². The number of hydrogen-bond acceptors (Lipinski definition) is 4. The van der Waals surface area contributed by atoms with Gasteiger partial charge >= 0.3 is 0 Å². The van der Waals surface area contributed by atoms with E-state index in [2.05, 4.69) is 10.3 Å². The monoisotopic (exact) mass is 257 g/mol. The van der Waals surface area contributed by atoms with Crippen molar-refractivity contribution in [3.05, 3.63) is 64.3 Å². The highest BCUT2D eigenvalue weighted by atomic mass is 16.6. The highest BCUT2D eigenvalue weighted by Gasteiger charge is 2.15. The van der Waals surface area contributed by atoms with Gasteiger partial charge < -0.3 is 5.32 Å². The Morgan fingerprint density at radius 1 is 1.21 bits per heavy atom. The smallest absolute Gasteiger partial charge is 0.273 e. The minimum Gasteiger partial charge on any atom is -0.310 e. The van der Waals surface area contributed by atoms with Gasteiger partial charge in [0.25, 0.3) is 5.69 Å². The molecule has 0 aliphatic heterocycles. The Morgan fingerprint density at radius 2 is 1.95 bits per heavy atom. The van der Waals surface area contributed by atoms with E-state index in [0.29, 0.717) is 11.4 Å². The summed E-state index contributed by atoms with van der Waals surface area (Å²) in [5.41, 5.74) is 0.319. The number of anilines is 1. The van der Waals surface area contributed by atoms with Crippen LogP contribution in [-0.4, -0.2) is 15.8 Å². The zero-order valence-electron chi connectivity index (χ0n) is 9.95. The van der Waals surface area contributed by atoms with Gasteiger partial charge in [0.15, 0.2) is 0 Å². The third-order valence-electron chi connectivity index (χ3n) is 2.47. The van der Waals surface area contributed by atoms with Gasteiger partial charge in [0.1, 0.15) is 5.82 Å². The minimum atomic E-state index is -0.497. The van der Waals surface area contributed by atoms with E-state index in [1.165, 1.54) is 6.07 Å². The van der Waals surface area contributed by atoms with E-state index in [9.17, 15) is 14.9 Å². The summed E-state index contributed by atoms with van der Waals surface area (Å²) in [5.74, 6) is 0.0825. The molecule has 0 spiro atoms. The second kappa shape index (κ2) is 5.72. The highest BCUT2D eigenvalue weighted by molar-refractivity contribution is 5.91. The molecule has 2 aromatic rings. The molecule has 0 unspecified atom stereocenters. The Hall–Kier alpha value is -2.76. The summed E-state index contributed by atoms with van der Waals surface area (Å²) in [6.45, 7) is 0. The van der Waals surface area contributed by atoms with Crippen LogP contribution in [-0.2, 0) is 11.2 Å². The average Bonchev–Trinajstić information content (AvgIpc) is 2.40. The molecule has 1 heterocycles. The van der Waals surface area contributed by atoms with Crippen molar-refractivity contribution in [3.63, 3.8) is 0 Å². The zero-order chi connectivity index (χ0) is 13.7. The fourth-order valence-corrected chi connectivity index (χ4v) is 1.64. The normalized spacial score (nSPS) is 9.89. The topological polar surface area (TPSA) is 85.1 Å². The number of aromatic nitrogens is 1. The molecule has 0 fully saturated rings. The minimum absolute atomic E-state index is 0.0568. The number of hydrogen-bond donors (Lipinski definition) is 1. The Labute approximate surface area is 109 Å². The van der Waals surface area contributed by atoms with E-state index >= 15 is 0 Å². The number of nitrogens with one attached hydrogen (secondary N) is 1.